The van der Waals surface area contributed by atoms with E-state index >= 15 is 0 Å². The predicted molar refractivity (Wildman–Crippen MR) is 91.7 cm³/mol. The minimum atomic E-state index is -0.0556. The third-order valence-corrected chi connectivity index (χ3v) is 4.18. The number of para-hydroxylation sites is 2. The van der Waals surface area contributed by atoms with E-state index in [9.17, 15) is 4.79 Å². The Morgan fingerprint density at radius 3 is 2.41 bits per heavy atom. The SMILES string of the molecule is Cc1ccccc1N1CC(Nc2c(Cl)cccc2Cl)=CC1=O. The van der Waals surface area contributed by atoms with Gasteiger partial charge in [0.25, 0.3) is 5.91 Å². The molecule has 0 atom stereocenters. The summed E-state index contributed by atoms with van der Waals surface area (Å²) < 4.78 is 0. The molecule has 1 aliphatic heterocycles. The van der Waals surface area contributed by atoms with Gasteiger partial charge in [-0.25, -0.2) is 0 Å². The maximum absolute atomic E-state index is 12.2. The fraction of sp³-hybridized carbons (Fsp3) is 0.118. The molecule has 0 radical (unpaired) electrons. The van der Waals surface area contributed by atoms with Crippen LogP contribution >= 0.6 is 23.2 Å². The molecule has 1 heterocycles. The summed E-state index contributed by atoms with van der Waals surface area (Å²) in [7, 11) is 0. The van der Waals surface area contributed by atoms with Crippen molar-refractivity contribution in [1.29, 1.82) is 0 Å². The number of carbonyl (C=O) groups is 1. The van der Waals surface area contributed by atoms with E-state index in [-0.39, 0.29) is 5.91 Å². The lowest BCUT2D eigenvalue weighted by atomic mass is 10.2. The molecule has 1 amide bonds. The van der Waals surface area contributed by atoms with E-state index < -0.39 is 0 Å². The summed E-state index contributed by atoms with van der Waals surface area (Å²) in [6, 6.07) is 13.1. The van der Waals surface area contributed by atoms with Crippen LogP contribution in [0.1, 0.15) is 5.56 Å². The summed E-state index contributed by atoms with van der Waals surface area (Å²) >= 11 is 12.3. The van der Waals surface area contributed by atoms with Crippen LogP contribution in [0.25, 0.3) is 0 Å². The topological polar surface area (TPSA) is 32.3 Å². The monoisotopic (exact) mass is 332 g/mol. The van der Waals surface area contributed by atoms with Gasteiger partial charge in [0.2, 0.25) is 0 Å². The third kappa shape index (κ3) is 2.82. The molecule has 0 unspecified atom stereocenters. The molecule has 112 valence electrons. The normalized spacial score (nSPS) is 14.2. The molecule has 0 aliphatic carbocycles. The quantitative estimate of drug-likeness (QED) is 0.887. The summed E-state index contributed by atoms with van der Waals surface area (Å²) in [6.07, 6.45) is 1.58. The van der Waals surface area contributed by atoms with Crippen LogP contribution in [0.5, 0.6) is 0 Å². The minimum Gasteiger partial charge on any atom is -0.355 e. The molecule has 2 aromatic rings. The highest BCUT2D eigenvalue weighted by atomic mass is 35.5. The second kappa shape index (κ2) is 6.03. The van der Waals surface area contributed by atoms with Gasteiger partial charge in [-0.05, 0) is 30.7 Å². The van der Waals surface area contributed by atoms with E-state index in [1.165, 1.54) is 0 Å². The van der Waals surface area contributed by atoms with Gasteiger partial charge in [-0.1, -0.05) is 47.5 Å². The van der Waals surface area contributed by atoms with Crippen molar-refractivity contribution in [3.63, 3.8) is 0 Å². The van der Waals surface area contributed by atoms with Crippen LogP contribution in [-0.2, 0) is 4.79 Å². The molecule has 0 saturated carbocycles. The second-order valence-electron chi connectivity index (χ2n) is 5.10. The molecule has 0 spiro atoms. The number of hydrogen-bond acceptors (Lipinski definition) is 2. The van der Waals surface area contributed by atoms with Crippen molar-refractivity contribution in [2.24, 2.45) is 0 Å². The maximum Gasteiger partial charge on any atom is 0.253 e. The number of rotatable bonds is 3. The van der Waals surface area contributed by atoms with Crippen LogP contribution in [0.15, 0.2) is 54.2 Å². The second-order valence-corrected chi connectivity index (χ2v) is 5.92. The van der Waals surface area contributed by atoms with Gasteiger partial charge >= 0.3 is 0 Å². The molecule has 1 aliphatic rings. The average molecular weight is 333 g/mol. The Kier molecular flexibility index (Phi) is 4.10. The Balaban J connectivity index is 1.83. The van der Waals surface area contributed by atoms with Crippen molar-refractivity contribution in [3.8, 4) is 0 Å². The first kappa shape index (κ1) is 14.9. The van der Waals surface area contributed by atoms with Crippen molar-refractivity contribution in [1.82, 2.24) is 0 Å². The summed E-state index contributed by atoms with van der Waals surface area (Å²) in [5.41, 5.74) is 3.35. The first-order chi connectivity index (χ1) is 10.6. The Labute approximate surface area is 139 Å². The molecule has 1 N–H and O–H groups in total. The van der Waals surface area contributed by atoms with Gasteiger partial charge < -0.3 is 10.2 Å². The van der Waals surface area contributed by atoms with Crippen LogP contribution in [-0.4, -0.2) is 12.5 Å². The Bertz CT molecular complexity index is 751. The van der Waals surface area contributed by atoms with E-state index in [1.54, 1.807) is 29.2 Å². The lowest BCUT2D eigenvalue weighted by Crippen LogP contribution is -2.26. The zero-order valence-electron chi connectivity index (χ0n) is 11.9. The zero-order chi connectivity index (χ0) is 15.7. The molecular weight excluding hydrogens is 319 g/mol. The van der Waals surface area contributed by atoms with E-state index in [0.29, 0.717) is 22.3 Å². The average Bonchev–Trinajstić information content (AvgIpc) is 2.84. The Hall–Kier alpha value is -1.97. The number of amides is 1. The molecule has 0 aromatic heterocycles. The molecular formula is C17H14Cl2N2O. The number of nitrogens with one attached hydrogen (secondary N) is 1. The Morgan fingerprint density at radius 2 is 1.73 bits per heavy atom. The van der Waals surface area contributed by atoms with Crippen molar-refractivity contribution in [2.45, 2.75) is 6.92 Å². The van der Waals surface area contributed by atoms with E-state index in [4.69, 9.17) is 23.2 Å². The summed E-state index contributed by atoms with van der Waals surface area (Å²) in [4.78, 5) is 14.0. The van der Waals surface area contributed by atoms with E-state index in [2.05, 4.69) is 5.32 Å². The molecule has 0 bridgehead atoms. The Morgan fingerprint density at radius 1 is 1.05 bits per heavy atom. The standard InChI is InChI=1S/C17H14Cl2N2O/c1-11-5-2-3-8-15(11)21-10-12(9-16(21)22)20-17-13(18)6-4-7-14(17)19/h2-9,20H,10H2,1H3. The molecule has 3 rings (SSSR count). The number of anilines is 2. The first-order valence-electron chi connectivity index (χ1n) is 6.85. The van der Waals surface area contributed by atoms with Crippen LogP contribution in [0.2, 0.25) is 10.0 Å². The van der Waals surface area contributed by atoms with Gasteiger partial charge in [-0.15, -0.1) is 0 Å². The fourth-order valence-electron chi connectivity index (χ4n) is 2.44. The number of hydrogen-bond donors (Lipinski definition) is 1. The molecule has 2 aromatic carbocycles. The lowest BCUT2D eigenvalue weighted by molar-refractivity contribution is -0.113. The van der Waals surface area contributed by atoms with Gasteiger partial charge in [0.15, 0.2) is 0 Å². The highest BCUT2D eigenvalue weighted by molar-refractivity contribution is 6.39. The first-order valence-corrected chi connectivity index (χ1v) is 7.60. The number of aryl methyl sites for hydroxylation is 1. The number of carbonyl (C=O) groups excluding carboxylic acids is 1. The van der Waals surface area contributed by atoms with E-state index in [1.807, 2.05) is 31.2 Å². The van der Waals surface area contributed by atoms with Crippen molar-refractivity contribution in [3.05, 3.63) is 69.8 Å². The van der Waals surface area contributed by atoms with Gasteiger partial charge in [0.05, 0.1) is 22.3 Å². The lowest BCUT2D eigenvalue weighted by Gasteiger charge is -2.19. The molecule has 5 heteroatoms. The highest BCUT2D eigenvalue weighted by Crippen LogP contribution is 2.32. The van der Waals surface area contributed by atoms with Gasteiger partial charge in [0, 0.05) is 17.5 Å². The summed E-state index contributed by atoms with van der Waals surface area (Å²) in [6.45, 7) is 2.45. The highest BCUT2D eigenvalue weighted by Gasteiger charge is 2.24. The van der Waals surface area contributed by atoms with Crippen LogP contribution < -0.4 is 10.2 Å². The van der Waals surface area contributed by atoms with Gasteiger partial charge in [-0.2, -0.15) is 0 Å². The van der Waals surface area contributed by atoms with E-state index in [0.717, 1.165) is 16.9 Å². The van der Waals surface area contributed by atoms with Crippen molar-refractivity contribution >= 4 is 40.5 Å². The van der Waals surface area contributed by atoms with Crippen molar-refractivity contribution in [2.75, 3.05) is 16.8 Å². The largest absolute Gasteiger partial charge is 0.355 e. The maximum atomic E-state index is 12.2. The number of halogens is 2. The summed E-state index contributed by atoms with van der Waals surface area (Å²) in [5.74, 6) is -0.0556. The molecule has 0 fully saturated rings. The smallest absolute Gasteiger partial charge is 0.253 e. The summed E-state index contributed by atoms with van der Waals surface area (Å²) in [5, 5.41) is 4.21. The zero-order valence-corrected chi connectivity index (χ0v) is 13.4. The number of nitrogens with zero attached hydrogens (tertiary/aromatic N) is 1. The molecule has 0 saturated heterocycles. The van der Waals surface area contributed by atoms with Crippen molar-refractivity contribution < 1.29 is 4.79 Å². The van der Waals surface area contributed by atoms with Gasteiger partial charge in [-0.3, -0.25) is 4.79 Å². The molecule has 3 nitrogen and oxygen atoms in total. The third-order valence-electron chi connectivity index (χ3n) is 3.55. The van der Waals surface area contributed by atoms with Crippen LogP contribution in [0, 0.1) is 6.92 Å². The fourth-order valence-corrected chi connectivity index (χ4v) is 2.94. The van der Waals surface area contributed by atoms with Crippen LogP contribution in [0.4, 0.5) is 11.4 Å². The number of benzene rings is 2. The van der Waals surface area contributed by atoms with Gasteiger partial charge in [0.1, 0.15) is 0 Å². The van der Waals surface area contributed by atoms with Crippen LogP contribution in [0.3, 0.4) is 0 Å². The predicted octanol–water partition coefficient (Wildman–Crippen LogP) is 4.64. The minimum absolute atomic E-state index is 0.0556. The molecule has 22 heavy (non-hydrogen) atoms.